The molecule has 0 saturated heterocycles. The van der Waals surface area contributed by atoms with Crippen LogP contribution in [0.4, 0.5) is 26.7 Å². The number of anilines is 3. The van der Waals surface area contributed by atoms with E-state index >= 15 is 0 Å². The number of phosphoric ester groups is 1. The zero-order valence-corrected chi connectivity index (χ0v) is 45.6. The predicted molar refractivity (Wildman–Crippen MR) is 297 cm³/mol. The number of likely N-dealkylation sites (N-methyl/N-ethyl adjacent to an activating group) is 3. The molecule has 1 aromatic heterocycles. The van der Waals surface area contributed by atoms with Crippen LogP contribution in [0.15, 0.2) is 97.1 Å². The van der Waals surface area contributed by atoms with Gasteiger partial charge in [0.15, 0.2) is 0 Å². The molecule has 22 heteroatoms. The van der Waals surface area contributed by atoms with Gasteiger partial charge >= 0.3 is 20.0 Å². The van der Waals surface area contributed by atoms with Crippen LogP contribution in [0.2, 0.25) is 0 Å². The lowest BCUT2D eigenvalue weighted by Crippen LogP contribution is -2.42. The van der Waals surface area contributed by atoms with Crippen molar-refractivity contribution in [2.45, 2.75) is 51.2 Å². The van der Waals surface area contributed by atoms with Crippen molar-refractivity contribution in [2.75, 3.05) is 86.8 Å². The number of phosphoric acid groups is 1. The fourth-order valence-corrected chi connectivity index (χ4v) is 11.6. The largest absolute Gasteiger partial charge is 0.524 e. The Labute approximate surface area is 454 Å². The Hall–Kier alpha value is -6.28. The highest BCUT2D eigenvalue weighted by Gasteiger charge is 2.39. The quantitative estimate of drug-likeness (QED) is 0.0258. The summed E-state index contributed by atoms with van der Waals surface area (Å²) in [4.78, 5) is 95.2. The summed E-state index contributed by atoms with van der Waals surface area (Å²) in [6.45, 7) is 5.68. The highest BCUT2D eigenvalue weighted by atomic mass is 35.5. The summed E-state index contributed by atoms with van der Waals surface area (Å²) in [6.07, 6.45) is 0.302. The van der Waals surface area contributed by atoms with Crippen molar-refractivity contribution in [2.24, 2.45) is 0 Å². The summed E-state index contributed by atoms with van der Waals surface area (Å²) in [5, 5.41) is 11.6. The van der Waals surface area contributed by atoms with Crippen LogP contribution in [0.5, 0.6) is 11.5 Å². The number of hydrogen-bond donors (Lipinski definition) is 5. The van der Waals surface area contributed by atoms with Gasteiger partial charge in [0.25, 0.3) is 11.8 Å². The first-order valence-corrected chi connectivity index (χ1v) is 28.3. The van der Waals surface area contributed by atoms with Gasteiger partial charge in [-0.25, -0.2) is 14.2 Å². The first kappa shape index (κ1) is 55.9. The van der Waals surface area contributed by atoms with Crippen LogP contribution in [0.3, 0.4) is 0 Å². The van der Waals surface area contributed by atoms with E-state index in [0.717, 1.165) is 46.4 Å². The van der Waals surface area contributed by atoms with E-state index < -0.39 is 31.8 Å². The summed E-state index contributed by atoms with van der Waals surface area (Å²) >= 11 is 14.1. The Balaban J connectivity index is 0.945. The summed E-state index contributed by atoms with van der Waals surface area (Å²) in [5.41, 5.74) is 3.80. The maximum absolute atomic E-state index is 14.6. The minimum Gasteiger partial charge on any atom is -0.445 e. The molecular formula is C54H60Cl2N7O11PS. The molecule has 6 aromatic rings. The number of amides is 5. The van der Waals surface area contributed by atoms with E-state index in [0.29, 0.717) is 46.2 Å². The average Bonchev–Trinajstić information content (AvgIpc) is 4.20. The Morgan fingerprint density at radius 1 is 0.737 bits per heavy atom. The second-order valence-electron chi connectivity index (χ2n) is 18.3. The normalized spacial score (nSPS) is 15.3. The molecule has 0 radical (unpaired) electrons. The highest BCUT2D eigenvalue weighted by Crippen LogP contribution is 2.50. The van der Waals surface area contributed by atoms with Crippen molar-refractivity contribution in [1.29, 1.82) is 0 Å². The number of nitrogens with zero attached hydrogens (tertiary/aromatic N) is 4. The third kappa shape index (κ3) is 12.3. The Morgan fingerprint density at radius 3 is 1.75 bits per heavy atom. The standard InChI is InChI=1S/C54H60Cl2N7O11PS/c1-5-60(53(67)72-32-33-17-19-36(20-18-33)59-50(64)41(58-4)16-11-23-57-3)24-25-61(6-2)54(68)73-44-26-42-48(39-14-9-7-12-37(39)44)34(28-55)30-62(42)51(65)46-21-22-47(76-46)52(66)63-31-35(29-56)49-40-15-10-8-13-38(40)45(27-43(49)63)74-75(69,70)71/h7-10,12-15,17-22,26-27,34-35,41,57-58H,5-6,11,16,23-25,28-32H2,1-4H3,(H,59,64)(H2,69,70,71). The van der Waals surface area contributed by atoms with Crippen LogP contribution in [-0.2, 0) is 20.7 Å². The van der Waals surface area contributed by atoms with Gasteiger partial charge in [0.2, 0.25) is 5.91 Å². The molecule has 3 heterocycles. The fraction of sp³-hybridized carbons (Fsp3) is 0.352. The molecule has 3 unspecified atom stereocenters. The Morgan fingerprint density at radius 2 is 1.25 bits per heavy atom. The number of alkyl halides is 2. The zero-order valence-electron chi connectivity index (χ0n) is 42.4. The molecule has 8 rings (SSSR count). The number of hydrogen-bond acceptors (Lipinski definition) is 12. The fourth-order valence-electron chi connectivity index (χ4n) is 9.78. The van der Waals surface area contributed by atoms with Gasteiger partial charge in [-0.2, -0.15) is 0 Å². The van der Waals surface area contributed by atoms with Gasteiger partial charge in [-0.3, -0.25) is 24.2 Å². The smallest absolute Gasteiger partial charge is 0.445 e. The average molecular weight is 1120 g/mol. The Bertz CT molecular complexity index is 3180. The second kappa shape index (κ2) is 24.8. The lowest BCUT2D eigenvalue weighted by atomic mass is 9.95. The summed E-state index contributed by atoms with van der Waals surface area (Å²) in [6, 6.07) is 27.4. The third-order valence-corrected chi connectivity index (χ3v) is 15.9. The summed E-state index contributed by atoms with van der Waals surface area (Å²) < 4.78 is 28.9. The number of thiophene rings is 1. The number of fused-ring (bicyclic) bond motifs is 6. The number of carbonyl (C=O) groups excluding carboxylic acids is 5. The predicted octanol–water partition coefficient (Wildman–Crippen LogP) is 9.50. The van der Waals surface area contributed by atoms with E-state index in [-0.39, 0.29) is 96.1 Å². The van der Waals surface area contributed by atoms with Crippen molar-refractivity contribution in [3.05, 3.63) is 124 Å². The van der Waals surface area contributed by atoms with Crippen LogP contribution >= 0.6 is 42.4 Å². The van der Waals surface area contributed by atoms with E-state index in [9.17, 15) is 38.3 Å². The van der Waals surface area contributed by atoms with E-state index in [1.54, 1.807) is 85.6 Å². The van der Waals surface area contributed by atoms with Crippen molar-refractivity contribution in [3.63, 3.8) is 0 Å². The van der Waals surface area contributed by atoms with Gasteiger partial charge in [-0.05, 0) is 99.1 Å². The summed E-state index contributed by atoms with van der Waals surface area (Å²) in [5.74, 6) is -1.07. The van der Waals surface area contributed by atoms with Gasteiger partial charge in [-0.15, -0.1) is 34.5 Å². The first-order valence-electron chi connectivity index (χ1n) is 24.9. The lowest BCUT2D eigenvalue weighted by Gasteiger charge is -2.26. The molecule has 5 amide bonds. The van der Waals surface area contributed by atoms with Crippen LogP contribution in [0.25, 0.3) is 21.5 Å². The maximum atomic E-state index is 14.6. The Kier molecular flexibility index (Phi) is 18.3. The van der Waals surface area contributed by atoms with Crippen LogP contribution in [-0.4, -0.2) is 127 Å². The minimum absolute atomic E-state index is 0.00289. The maximum Gasteiger partial charge on any atom is 0.524 e. The highest BCUT2D eigenvalue weighted by molar-refractivity contribution is 7.46. The topological polar surface area (TPSA) is 220 Å². The molecule has 76 heavy (non-hydrogen) atoms. The van der Waals surface area contributed by atoms with Crippen LogP contribution in [0.1, 0.15) is 74.6 Å². The molecule has 3 atom stereocenters. The molecule has 2 aliphatic rings. The monoisotopic (exact) mass is 1120 g/mol. The van der Waals surface area contributed by atoms with E-state index in [4.69, 9.17) is 37.2 Å². The van der Waals surface area contributed by atoms with Crippen LogP contribution < -0.4 is 35.0 Å². The van der Waals surface area contributed by atoms with Gasteiger partial charge in [-0.1, -0.05) is 60.7 Å². The molecule has 0 spiro atoms. The molecule has 18 nitrogen and oxygen atoms in total. The zero-order chi connectivity index (χ0) is 54.3. The van der Waals surface area contributed by atoms with Gasteiger partial charge in [0.05, 0.1) is 27.2 Å². The summed E-state index contributed by atoms with van der Waals surface area (Å²) in [7, 11) is -1.35. The molecule has 5 aromatic carbocycles. The molecule has 0 saturated carbocycles. The number of benzene rings is 5. The van der Waals surface area contributed by atoms with E-state index in [2.05, 4.69) is 16.0 Å². The number of carbonyl (C=O) groups is 5. The van der Waals surface area contributed by atoms with E-state index in [1.165, 1.54) is 20.8 Å². The van der Waals surface area contributed by atoms with Gasteiger partial charge in [0.1, 0.15) is 18.1 Å². The minimum atomic E-state index is -4.98. The molecule has 2 aliphatic heterocycles. The number of rotatable bonds is 21. The SMILES string of the molecule is CCN(CCN(CC)C(=O)Oc1cc2c(c3ccccc13)C(CCl)CN2C(=O)c1ccc(C(=O)N2CC(CCl)c3c2cc(OP(=O)(O)O)c2ccccc32)s1)C(=O)OCc1ccc(NC(=O)C(CCCNC)NC)cc1. The van der Waals surface area contributed by atoms with Crippen molar-refractivity contribution < 1.29 is 52.3 Å². The third-order valence-electron chi connectivity index (χ3n) is 13.6. The molecule has 0 bridgehead atoms. The molecule has 5 N–H and O–H groups in total. The number of halogens is 2. The van der Waals surface area contributed by atoms with Crippen molar-refractivity contribution >= 4 is 111 Å². The first-order chi connectivity index (χ1) is 36.6. The lowest BCUT2D eigenvalue weighted by molar-refractivity contribution is -0.118. The number of ether oxygens (including phenoxy) is 2. The molecule has 0 fully saturated rings. The number of nitrogens with one attached hydrogen (secondary N) is 3. The molecular weight excluding hydrogens is 1060 g/mol. The van der Waals surface area contributed by atoms with E-state index in [1.807, 2.05) is 38.2 Å². The van der Waals surface area contributed by atoms with Gasteiger partial charge < -0.3 is 49.5 Å². The van der Waals surface area contributed by atoms with Crippen molar-refractivity contribution in [3.8, 4) is 11.5 Å². The molecule has 402 valence electrons. The van der Waals surface area contributed by atoms with Crippen molar-refractivity contribution in [1.82, 2.24) is 20.4 Å². The van der Waals surface area contributed by atoms with Crippen LogP contribution in [0, 0.1) is 0 Å². The second-order valence-corrected chi connectivity index (χ2v) is 21.2. The molecule has 0 aliphatic carbocycles. The van der Waals surface area contributed by atoms with Gasteiger partial charge in [0, 0.05) is 91.5 Å².